The monoisotopic (exact) mass is 468 g/mol. The van der Waals surface area contributed by atoms with Crippen LogP contribution in [-0.2, 0) is 14.2 Å². The smallest absolute Gasteiger partial charge is 0.409 e. The summed E-state index contributed by atoms with van der Waals surface area (Å²) in [4.78, 5) is 37.9. The average Bonchev–Trinajstić information content (AvgIpc) is 2.77. The molecule has 0 fully saturated rings. The molecule has 2 N–H and O–H groups in total. The van der Waals surface area contributed by atoms with Crippen molar-refractivity contribution in [3.8, 4) is 0 Å². The molecular weight excluding hydrogens is 436 g/mol. The van der Waals surface area contributed by atoms with Crippen LogP contribution in [0, 0.1) is 5.92 Å². The summed E-state index contributed by atoms with van der Waals surface area (Å²) in [6, 6.07) is 12.0. The number of hydrogen-bond donors (Lipinski definition) is 2. The van der Waals surface area contributed by atoms with Gasteiger partial charge >= 0.3 is 6.09 Å². The molecule has 1 atom stereocenters. The summed E-state index contributed by atoms with van der Waals surface area (Å²) in [7, 11) is 0. The summed E-state index contributed by atoms with van der Waals surface area (Å²) in [6.45, 7) is 9.86. The zero-order chi connectivity index (χ0) is 24.9. The van der Waals surface area contributed by atoms with Crippen LogP contribution in [0.3, 0.4) is 0 Å². The first-order valence-electron chi connectivity index (χ1n) is 11.3. The molecule has 0 heterocycles. The minimum absolute atomic E-state index is 0.0107. The fourth-order valence-corrected chi connectivity index (χ4v) is 3.56. The lowest BCUT2D eigenvalue weighted by Gasteiger charge is -2.25. The van der Waals surface area contributed by atoms with Gasteiger partial charge in [0.05, 0.1) is 12.2 Å². The van der Waals surface area contributed by atoms with E-state index in [4.69, 9.17) is 14.2 Å². The van der Waals surface area contributed by atoms with E-state index in [1.807, 2.05) is 13.8 Å². The van der Waals surface area contributed by atoms with Gasteiger partial charge in [-0.1, -0.05) is 50.2 Å². The summed E-state index contributed by atoms with van der Waals surface area (Å²) in [5.41, 5.74) is 1.60. The lowest BCUT2D eigenvalue weighted by atomic mass is 9.83. The van der Waals surface area contributed by atoms with Gasteiger partial charge in [-0.15, -0.1) is 0 Å². The van der Waals surface area contributed by atoms with Crippen molar-refractivity contribution in [1.29, 1.82) is 0 Å². The molecule has 34 heavy (non-hydrogen) atoms. The van der Waals surface area contributed by atoms with Gasteiger partial charge < -0.3 is 19.5 Å². The van der Waals surface area contributed by atoms with Crippen LogP contribution in [-0.4, -0.2) is 49.4 Å². The number of ketones is 2. The number of ether oxygens (including phenoxy) is 3. The largest absolute Gasteiger partial charge is 0.444 e. The number of hydrogen-bond acceptors (Lipinski definition) is 7. The Kier molecular flexibility index (Phi) is 8.06. The first-order chi connectivity index (χ1) is 16.1. The maximum atomic E-state index is 13.0. The van der Waals surface area contributed by atoms with Gasteiger partial charge in [0.25, 0.3) is 0 Å². The Morgan fingerprint density at radius 3 is 2.24 bits per heavy atom. The van der Waals surface area contributed by atoms with E-state index < -0.39 is 17.9 Å². The third-order valence-corrected chi connectivity index (χ3v) is 5.11. The molecule has 8 nitrogen and oxygen atoms in total. The number of alkyl carbamates (subject to hydrolysis) is 1. The van der Waals surface area contributed by atoms with Gasteiger partial charge in [-0.3, -0.25) is 14.9 Å². The second kappa shape index (κ2) is 10.8. The van der Waals surface area contributed by atoms with Crippen LogP contribution in [0.5, 0.6) is 0 Å². The summed E-state index contributed by atoms with van der Waals surface area (Å²) in [6.07, 6.45) is -1.12. The highest BCUT2D eigenvalue weighted by Gasteiger charge is 2.31. The highest BCUT2D eigenvalue weighted by atomic mass is 16.7. The fourth-order valence-electron chi connectivity index (χ4n) is 3.56. The molecule has 0 aliphatic heterocycles. The summed E-state index contributed by atoms with van der Waals surface area (Å²) >= 11 is 0. The molecule has 0 saturated heterocycles. The minimum Gasteiger partial charge on any atom is -0.444 e. The van der Waals surface area contributed by atoms with Gasteiger partial charge in [0, 0.05) is 28.9 Å². The molecule has 1 amide bonds. The molecule has 3 rings (SSSR count). The van der Waals surface area contributed by atoms with E-state index in [2.05, 4.69) is 10.6 Å². The average molecular weight is 469 g/mol. The molecule has 2 aromatic rings. The number of rotatable bonds is 9. The lowest BCUT2D eigenvalue weighted by molar-refractivity contribution is -0.110. The van der Waals surface area contributed by atoms with Crippen LogP contribution in [0.25, 0.3) is 0 Å². The minimum atomic E-state index is -0.599. The molecule has 1 aliphatic carbocycles. The predicted octanol–water partition coefficient (Wildman–Crippen LogP) is 4.37. The Labute approximate surface area is 200 Å². The van der Waals surface area contributed by atoms with Crippen molar-refractivity contribution >= 4 is 23.3 Å². The third kappa shape index (κ3) is 6.21. The van der Waals surface area contributed by atoms with Crippen molar-refractivity contribution in [2.24, 2.45) is 5.92 Å². The maximum absolute atomic E-state index is 13.0. The number of anilines is 1. The number of amides is 1. The van der Waals surface area contributed by atoms with Crippen molar-refractivity contribution in [1.82, 2.24) is 5.32 Å². The van der Waals surface area contributed by atoms with Crippen LogP contribution >= 0.6 is 0 Å². The SMILES string of the molecule is CC(C)[C@@H](NC(=O)OC(C)(C)C)OCOCCNc1cccc2c1C(=O)c1ccccc1C2=O. The second-order valence-corrected chi connectivity index (χ2v) is 9.36. The van der Waals surface area contributed by atoms with E-state index in [9.17, 15) is 14.4 Å². The molecule has 0 radical (unpaired) electrons. The molecule has 182 valence electrons. The van der Waals surface area contributed by atoms with Crippen LogP contribution < -0.4 is 10.6 Å². The molecule has 0 bridgehead atoms. The van der Waals surface area contributed by atoms with Gasteiger partial charge in [-0.2, -0.15) is 0 Å². The first kappa shape index (κ1) is 25.4. The van der Waals surface area contributed by atoms with E-state index >= 15 is 0 Å². The fraction of sp³-hybridized carbons (Fsp3) is 0.423. The van der Waals surface area contributed by atoms with Crippen molar-refractivity contribution in [3.05, 3.63) is 64.7 Å². The van der Waals surface area contributed by atoms with Crippen LogP contribution in [0.15, 0.2) is 42.5 Å². The zero-order valence-electron chi connectivity index (χ0n) is 20.3. The standard InChI is InChI=1S/C26H32N2O6/c1-16(2)24(28-25(31)34-26(3,4)5)33-15-32-14-13-27-20-12-8-11-19-21(20)23(30)18-10-7-6-9-17(18)22(19)29/h6-12,16,24,27H,13-15H2,1-5H3,(H,28,31)/t24-/m0/s1. The Bertz CT molecular complexity index is 1060. The van der Waals surface area contributed by atoms with E-state index in [0.29, 0.717) is 41.1 Å². The molecule has 0 aromatic heterocycles. The highest BCUT2D eigenvalue weighted by molar-refractivity contribution is 6.30. The first-order valence-corrected chi connectivity index (χ1v) is 11.3. The van der Waals surface area contributed by atoms with Gasteiger partial charge in [-0.25, -0.2) is 4.79 Å². The van der Waals surface area contributed by atoms with Crippen LogP contribution in [0.4, 0.5) is 10.5 Å². The topological polar surface area (TPSA) is 103 Å². The van der Waals surface area contributed by atoms with Crippen molar-refractivity contribution in [2.75, 3.05) is 25.3 Å². The number of nitrogens with one attached hydrogen (secondary N) is 2. The summed E-state index contributed by atoms with van der Waals surface area (Å²) in [5.74, 6) is -0.322. The lowest BCUT2D eigenvalue weighted by Crippen LogP contribution is -2.43. The van der Waals surface area contributed by atoms with E-state index in [0.717, 1.165) is 0 Å². The number of fused-ring (bicyclic) bond motifs is 2. The third-order valence-electron chi connectivity index (χ3n) is 5.11. The maximum Gasteiger partial charge on any atom is 0.409 e. The molecule has 8 heteroatoms. The number of carbonyl (C=O) groups excluding carboxylic acids is 3. The van der Waals surface area contributed by atoms with Crippen LogP contribution in [0.2, 0.25) is 0 Å². The van der Waals surface area contributed by atoms with Gasteiger partial charge in [0.2, 0.25) is 0 Å². The van der Waals surface area contributed by atoms with Gasteiger partial charge in [-0.05, 0) is 32.8 Å². The second-order valence-electron chi connectivity index (χ2n) is 9.36. The normalized spacial score (nSPS) is 13.8. The number of benzene rings is 2. The summed E-state index contributed by atoms with van der Waals surface area (Å²) in [5, 5.41) is 5.87. The summed E-state index contributed by atoms with van der Waals surface area (Å²) < 4.78 is 16.4. The quantitative estimate of drug-likeness (QED) is 0.355. The molecular formula is C26H32N2O6. The van der Waals surface area contributed by atoms with Crippen LogP contribution in [0.1, 0.15) is 66.5 Å². The predicted molar refractivity (Wildman–Crippen MR) is 128 cm³/mol. The molecule has 2 aromatic carbocycles. The van der Waals surface area contributed by atoms with E-state index in [1.54, 1.807) is 63.2 Å². The Hall–Kier alpha value is -3.23. The Balaban J connectivity index is 1.51. The molecule has 0 unspecified atom stereocenters. The van der Waals surface area contributed by atoms with Crippen molar-refractivity contribution < 1.29 is 28.6 Å². The molecule has 0 spiro atoms. The van der Waals surface area contributed by atoms with Crippen molar-refractivity contribution in [2.45, 2.75) is 46.4 Å². The zero-order valence-corrected chi connectivity index (χ0v) is 20.3. The van der Waals surface area contributed by atoms with E-state index in [1.165, 1.54) is 0 Å². The molecule has 0 saturated carbocycles. The highest BCUT2D eigenvalue weighted by Crippen LogP contribution is 2.31. The number of carbonyl (C=O) groups is 3. The Morgan fingerprint density at radius 2 is 1.59 bits per heavy atom. The Morgan fingerprint density at radius 1 is 0.941 bits per heavy atom. The van der Waals surface area contributed by atoms with E-state index in [-0.39, 0.29) is 24.3 Å². The van der Waals surface area contributed by atoms with Gasteiger partial charge in [0.15, 0.2) is 11.6 Å². The molecule has 1 aliphatic rings. The van der Waals surface area contributed by atoms with Crippen molar-refractivity contribution in [3.63, 3.8) is 0 Å². The van der Waals surface area contributed by atoms with Gasteiger partial charge in [0.1, 0.15) is 18.6 Å².